The second kappa shape index (κ2) is 14.5. The number of benzene rings is 1. The first-order chi connectivity index (χ1) is 20.1. The zero-order chi connectivity index (χ0) is 30.1. The van der Waals surface area contributed by atoms with Crippen LogP contribution in [0.25, 0.3) is 11.4 Å². The Morgan fingerprint density at radius 2 is 1.69 bits per heavy atom. The van der Waals surface area contributed by atoms with Gasteiger partial charge in [0.1, 0.15) is 17.6 Å². The molecule has 4 rings (SSSR count). The highest BCUT2D eigenvalue weighted by atomic mass is 31.2. The molecule has 1 atom stereocenters. The van der Waals surface area contributed by atoms with Crippen LogP contribution in [0, 0.1) is 0 Å². The van der Waals surface area contributed by atoms with E-state index in [1.807, 2.05) is 30.0 Å². The lowest BCUT2D eigenvalue weighted by atomic mass is 10.2. The highest BCUT2D eigenvalue weighted by Gasteiger charge is 2.35. The molecule has 1 aromatic heterocycles. The predicted molar refractivity (Wildman–Crippen MR) is 153 cm³/mol. The Hall–Kier alpha value is -3.58. The molecule has 1 aromatic carbocycles. The normalized spacial score (nSPS) is 16.6. The topological polar surface area (TPSA) is 175 Å². The minimum atomic E-state index is -4.71. The van der Waals surface area contributed by atoms with E-state index in [9.17, 15) is 28.7 Å². The molecule has 42 heavy (non-hydrogen) atoms. The fraction of sp³-hybridized carbons (Fsp3) is 0.519. The van der Waals surface area contributed by atoms with Gasteiger partial charge in [0.2, 0.25) is 5.91 Å². The third-order valence-corrected chi connectivity index (χ3v) is 7.75. The number of carbonyl (C=O) groups is 3. The van der Waals surface area contributed by atoms with Crippen LogP contribution in [-0.2, 0) is 18.8 Å². The molecule has 2 aliphatic heterocycles. The van der Waals surface area contributed by atoms with E-state index in [0.29, 0.717) is 50.1 Å². The number of amides is 3. The minimum absolute atomic E-state index is 0.0477. The summed E-state index contributed by atoms with van der Waals surface area (Å²) in [6.45, 7) is 5.06. The lowest BCUT2D eigenvalue weighted by molar-refractivity contribution is -0.134. The summed E-state index contributed by atoms with van der Waals surface area (Å²) in [6.07, 6.45) is 0.286. The zero-order valence-electron chi connectivity index (χ0n) is 23.6. The van der Waals surface area contributed by atoms with E-state index in [1.54, 1.807) is 12.1 Å². The van der Waals surface area contributed by atoms with Crippen molar-refractivity contribution in [2.75, 3.05) is 70.2 Å². The molecular weight excluding hydrogens is 567 g/mol. The lowest BCUT2D eigenvalue weighted by Crippen LogP contribution is -2.56. The number of carbonyl (C=O) groups excluding carboxylic acids is 3. The number of aromatic nitrogens is 2. The fourth-order valence-electron chi connectivity index (χ4n) is 4.60. The first-order valence-corrected chi connectivity index (χ1v) is 15.8. The van der Waals surface area contributed by atoms with E-state index in [-0.39, 0.29) is 31.9 Å². The summed E-state index contributed by atoms with van der Waals surface area (Å²) in [5, 5.41) is 2.50. The molecule has 3 N–H and O–H groups in total. The van der Waals surface area contributed by atoms with Crippen molar-refractivity contribution in [3.8, 4) is 11.4 Å². The molecule has 14 nitrogen and oxygen atoms in total. The van der Waals surface area contributed by atoms with Gasteiger partial charge in [-0.05, 0) is 6.42 Å². The first kappa shape index (κ1) is 31.4. The SMILES string of the molecule is CCCCOC(=O)N1CCN(C(=O)C(CP(=O)(O)O)NC(=O)c2cc(N3CCOCC3)nc(-c3ccccc3)n2)CC1. The van der Waals surface area contributed by atoms with Crippen LogP contribution >= 0.6 is 7.60 Å². The third-order valence-electron chi connectivity index (χ3n) is 6.91. The van der Waals surface area contributed by atoms with Crippen molar-refractivity contribution in [2.45, 2.75) is 25.8 Å². The summed E-state index contributed by atoms with van der Waals surface area (Å²) in [5.41, 5.74) is 0.629. The summed E-state index contributed by atoms with van der Waals surface area (Å²) in [6, 6.07) is 9.08. The van der Waals surface area contributed by atoms with Crippen LogP contribution in [0.4, 0.5) is 10.6 Å². The number of morpholine rings is 1. The van der Waals surface area contributed by atoms with Gasteiger partial charge in [-0.2, -0.15) is 0 Å². The Morgan fingerprint density at radius 1 is 1.02 bits per heavy atom. The van der Waals surface area contributed by atoms with Crippen LogP contribution in [0.3, 0.4) is 0 Å². The summed E-state index contributed by atoms with van der Waals surface area (Å²) in [5.74, 6) is -0.632. The number of hydrogen-bond donors (Lipinski definition) is 3. The van der Waals surface area contributed by atoms with Gasteiger partial charge in [-0.15, -0.1) is 0 Å². The summed E-state index contributed by atoms with van der Waals surface area (Å²) in [4.78, 5) is 72.5. The van der Waals surface area contributed by atoms with Crippen molar-refractivity contribution in [3.63, 3.8) is 0 Å². The molecular formula is C27H37N6O8P. The average molecular weight is 605 g/mol. The molecule has 2 aliphatic rings. The van der Waals surface area contributed by atoms with Crippen LogP contribution in [-0.4, -0.2) is 119 Å². The maximum atomic E-state index is 13.5. The number of ether oxygens (including phenoxy) is 2. The number of piperazine rings is 1. The molecule has 1 unspecified atom stereocenters. The van der Waals surface area contributed by atoms with Crippen LogP contribution in [0.5, 0.6) is 0 Å². The smallest absolute Gasteiger partial charge is 0.409 e. The quantitative estimate of drug-likeness (QED) is 0.264. The van der Waals surface area contributed by atoms with Gasteiger partial charge in [0.15, 0.2) is 5.82 Å². The van der Waals surface area contributed by atoms with Crippen molar-refractivity contribution in [3.05, 3.63) is 42.1 Å². The van der Waals surface area contributed by atoms with E-state index in [0.717, 1.165) is 12.8 Å². The van der Waals surface area contributed by atoms with Gasteiger partial charge in [-0.3, -0.25) is 14.2 Å². The molecule has 0 radical (unpaired) electrons. The number of hydrogen-bond acceptors (Lipinski definition) is 9. The summed E-state index contributed by atoms with van der Waals surface area (Å²) < 4.78 is 22.6. The number of anilines is 1. The number of nitrogens with zero attached hydrogens (tertiary/aromatic N) is 5. The second-order valence-electron chi connectivity index (χ2n) is 10.1. The van der Waals surface area contributed by atoms with Crippen LogP contribution < -0.4 is 10.2 Å². The minimum Gasteiger partial charge on any atom is -0.449 e. The highest BCUT2D eigenvalue weighted by Crippen LogP contribution is 2.35. The van der Waals surface area contributed by atoms with E-state index in [4.69, 9.17) is 9.47 Å². The van der Waals surface area contributed by atoms with Gasteiger partial charge in [0.05, 0.1) is 26.0 Å². The van der Waals surface area contributed by atoms with Crippen LogP contribution in [0.2, 0.25) is 0 Å². The highest BCUT2D eigenvalue weighted by molar-refractivity contribution is 7.51. The van der Waals surface area contributed by atoms with Crippen molar-refractivity contribution in [1.82, 2.24) is 25.1 Å². The molecule has 228 valence electrons. The molecule has 0 aliphatic carbocycles. The molecule has 0 saturated carbocycles. The average Bonchev–Trinajstić information content (AvgIpc) is 3.00. The van der Waals surface area contributed by atoms with E-state index >= 15 is 0 Å². The molecule has 15 heteroatoms. The van der Waals surface area contributed by atoms with Gasteiger partial charge >= 0.3 is 13.7 Å². The predicted octanol–water partition coefficient (Wildman–Crippen LogP) is 1.34. The van der Waals surface area contributed by atoms with Gasteiger partial charge in [-0.1, -0.05) is 43.7 Å². The molecule has 0 spiro atoms. The maximum absolute atomic E-state index is 13.5. The molecule has 3 amide bonds. The maximum Gasteiger partial charge on any atom is 0.409 e. The van der Waals surface area contributed by atoms with Crippen molar-refractivity contribution >= 4 is 31.3 Å². The number of rotatable bonds is 10. The van der Waals surface area contributed by atoms with Crippen LogP contribution in [0.15, 0.2) is 36.4 Å². The van der Waals surface area contributed by atoms with E-state index in [1.165, 1.54) is 15.9 Å². The molecule has 0 bridgehead atoms. The molecule has 3 heterocycles. The summed E-state index contributed by atoms with van der Waals surface area (Å²) >= 11 is 0. The fourth-order valence-corrected chi connectivity index (χ4v) is 5.33. The third kappa shape index (κ3) is 8.71. The summed E-state index contributed by atoms with van der Waals surface area (Å²) in [7, 11) is -4.71. The van der Waals surface area contributed by atoms with Gasteiger partial charge < -0.3 is 39.3 Å². The van der Waals surface area contributed by atoms with Crippen molar-refractivity contribution in [1.29, 1.82) is 0 Å². The zero-order valence-corrected chi connectivity index (χ0v) is 24.4. The monoisotopic (exact) mass is 604 g/mol. The van der Waals surface area contributed by atoms with Crippen LogP contribution in [0.1, 0.15) is 30.3 Å². The Morgan fingerprint density at radius 3 is 2.33 bits per heavy atom. The Labute approximate surface area is 244 Å². The second-order valence-corrected chi connectivity index (χ2v) is 11.7. The Bertz CT molecular complexity index is 1280. The number of nitrogens with one attached hydrogen (secondary N) is 1. The molecule has 2 fully saturated rings. The van der Waals surface area contributed by atoms with E-state index < -0.39 is 37.7 Å². The molecule has 2 aromatic rings. The van der Waals surface area contributed by atoms with Crippen molar-refractivity contribution in [2.24, 2.45) is 0 Å². The largest absolute Gasteiger partial charge is 0.449 e. The number of unbranched alkanes of at least 4 members (excludes halogenated alkanes) is 1. The van der Waals surface area contributed by atoms with Crippen molar-refractivity contribution < 1.29 is 38.2 Å². The molecule has 2 saturated heterocycles. The Balaban J connectivity index is 1.51. The standard InChI is InChI=1S/C27H37N6O8P/c1-2-3-15-41-27(36)33-11-9-32(10-12-33)26(35)22(19-42(37,38)39)29-25(34)21-18-23(31-13-16-40-17-14-31)30-24(28-21)20-7-5-4-6-8-20/h4-8,18,22H,2-3,9-17,19H2,1H3,(H,29,34)(H2,37,38,39). The van der Waals surface area contributed by atoms with Gasteiger partial charge in [0.25, 0.3) is 5.91 Å². The van der Waals surface area contributed by atoms with Gasteiger partial charge in [-0.25, -0.2) is 14.8 Å². The lowest BCUT2D eigenvalue weighted by Gasteiger charge is -2.36. The van der Waals surface area contributed by atoms with E-state index in [2.05, 4.69) is 15.3 Å². The first-order valence-electron chi connectivity index (χ1n) is 14.0. The Kier molecular flexibility index (Phi) is 10.9. The van der Waals surface area contributed by atoms with Gasteiger partial charge in [0, 0.05) is 50.9 Å².